The van der Waals surface area contributed by atoms with Crippen LogP contribution in [0.4, 0.5) is 0 Å². The molecule has 0 aromatic rings. The molecule has 2 fully saturated rings. The Morgan fingerprint density at radius 2 is 2.25 bits per heavy atom. The lowest BCUT2D eigenvalue weighted by molar-refractivity contribution is 0.121. The number of hydrogen-bond acceptors (Lipinski definition) is 2. The Morgan fingerprint density at radius 1 is 1.38 bits per heavy atom. The molecule has 0 spiro atoms. The molecule has 46 valence electrons. The standard InChI is InChI=1S/C6H11NO/c8-6-2-5-1-4(6)3-7-5/h4-8H,1-3H2/t4-,5-,6?/m1/s1. The quantitative estimate of drug-likeness (QED) is 0.453. The number of aliphatic hydroxyl groups excluding tert-OH is 1. The van der Waals surface area contributed by atoms with Gasteiger partial charge in [-0.1, -0.05) is 0 Å². The fraction of sp³-hybridized carbons (Fsp3) is 1.00. The van der Waals surface area contributed by atoms with Crippen LogP contribution in [0.1, 0.15) is 12.8 Å². The Balaban J connectivity index is 2.11. The van der Waals surface area contributed by atoms with E-state index in [0.717, 1.165) is 13.0 Å². The summed E-state index contributed by atoms with van der Waals surface area (Å²) in [4.78, 5) is 0. The van der Waals surface area contributed by atoms with E-state index in [4.69, 9.17) is 0 Å². The maximum absolute atomic E-state index is 9.18. The molecule has 2 rings (SSSR count). The molecule has 1 heterocycles. The van der Waals surface area contributed by atoms with Crippen LogP contribution in [0.3, 0.4) is 0 Å². The van der Waals surface area contributed by atoms with E-state index in [-0.39, 0.29) is 6.10 Å². The molecule has 1 aliphatic heterocycles. The van der Waals surface area contributed by atoms with Gasteiger partial charge in [-0.25, -0.2) is 0 Å². The van der Waals surface area contributed by atoms with Gasteiger partial charge in [0.05, 0.1) is 6.10 Å². The minimum atomic E-state index is 0.0150. The molecule has 8 heavy (non-hydrogen) atoms. The minimum Gasteiger partial charge on any atom is -0.393 e. The molecule has 2 aliphatic rings. The molecular formula is C6H11NO. The molecule has 2 heteroatoms. The third-order valence-corrected chi connectivity index (χ3v) is 2.33. The molecule has 2 nitrogen and oxygen atoms in total. The summed E-state index contributed by atoms with van der Waals surface area (Å²) in [5, 5.41) is 12.5. The molecular weight excluding hydrogens is 102 g/mol. The lowest BCUT2D eigenvalue weighted by atomic mass is 10.1. The van der Waals surface area contributed by atoms with Crippen LogP contribution in [-0.4, -0.2) is 23.8 Å². The Kier molecular flexibility index (Phi) is 0.866. The first kappa shape index (κ1) is 4.77. The second-order valence-corrected chi connectivity index (χ2v) is 2.90. The summed E-state index contributed by atoms with van der Waals surface area (Å²) < 4.78 is 0. The van der Waals surface area contributed by atoms with Crippen molar-refractivity contribution in [2.75, 3.05) is 6.54 Å². The molecule has 1 saturated carbocycles. The number of nitrogens with one attached hydrogen (secondary N) is 1. The van der Waals surface area contributed by atoms with Gasteiger partial charge in [0.1, 0.15) is 0 Å². The van der Waals surface area contributed by atoms with Gasteiger partial charge < -0.3 is 10.4 Å². The van der Waals surface area contributed by atoms with Crippen molar-refractivity contribution in [2.45, 2.75) is 25.0 Å². The summed E-state index contributed by atoms with van der Waals surface area (Å²) in [7, 11) is 0. The average Bonchev–Trinajstić information content (AvgIpc) is 2.23. The van der Waals surface area contributed by atoms with Crippen molar-refractivity contribution in [3.05, 3.63) is 0 Å². The Labute approximate surface area is 48.9 Å². The average molecular weight is 113 g/mol. The van der Waals surface area contributed by atoms with Gasteiger partial charge in [-0.2, -0.15) is 0 Å². The Morgan fingerprint density at radius 3 is 2.50 bits per heavy atom. The molecule has 1 aliphatic carbocycles. The molecule has 1 saturated heterocycles. The molecule has 0 radical (unpaired) electrons. The minimum absolute atomic E-state index is 0.0150. The van der Waals surface area contributed by atoms with Gasteiger partial charge in [-0.05, 0) is 18.8 Å². The Bertz CT molecular complexity index is 103. The van der Waals surface area contributed by atoms with Crippen LogP contribution in [0, 0.1) is 5.92 Å². The van der Waals surface area contributed by atoms with Crippen molar-refractivity contribution < 1.29 is 5.11 Å². The summed E-state index contributed by atoms with van der Waals surface area (Å²) in [5.41, 5.74) is 0. The van der Waals surface area contributed by atoms with Crippen molar-refractivity contribution in [2.24, 2.45) is 5.92 Å². The third kappa shape index (κ3) is 0.501. The van der Waals surface area contributed by atoms with Crippen molar-refractivity contribution in [3.8, 4) is 0 Å². The normalized spacial score (nSPS) is 52.9. The highest BCUT2D eigenvalue weighted by Crippen LogP contribution is 2.30. The summed E-state index contributed by atoms with van der Waals surface area (Å²) in [5.74, 6) is 0.583. The van der Waals surface area contributed by atoms with Gasteiger partial charge in [0.15, 0.2) is 0 Å². The highest BCUT2D eigenvalue weighted by atomic mass is 16.3. The predicted molar refractivity (Wildman–Crippen MR) is 30.5 cm³/mol. The topological polar surface area (TPSA) is 32.3 Å². The fourth-order valence-electron chi connectivity index (χ4n) is 1.81. The van der Waals surface area contributed by atoms with Crippen LogP contribution in [0.2, 0.25) is 0 Å². The first-order valence-corrected chi connectivity index (χ1v) is 3.28. The van der Waals surface area contributed by atoms with Gasteiger partial charge in [0, 0.05) is 12.6 Å². The lowest BCUT2D eigenvalue weighted by Gasteiger charge is -2.15. The van der Waals surface area contributed by atoms with E-state index in [2.05, 4.69) is 5.32 Å². The number of piperidine rings is 1. The van der Waals surface area contributed by atoms with E-state index >= 15 is 0 Å². The monoisotopic (exact) mass is 113 g/mol. The van der Waals surface area contributed by atoms with Gasteiger partial charge in [0.25, 0.3) is 0 Å². The SMILES string of the molecule is OC1C[C@H]2C[C@@H]1CN2. The highest BCUT2D eigenvalue weighted by Gasteiger charge is 2.37. The van der Waals surface area contributed by atoms with E-state index < -0.39 is 0 Å². The lowest BCUT2D eigenvalue weighted by Crippen LogP contribution is -2.32. The maximum atomic E-state index is 9.18. The maximum Gasteiger partial charge on any atom is 0.0595 e. The second-order valence-electron chi connectivity index (χ2n) is 2.90. The van der Waals surface area contributed by atoms with Crippen LogP contribution in [0.15, 0.2) is 0 Å². The first-order valence-electron chi connectivity index (χ1n) is 3.28. The zero-order valence-corrected chi connectivity index (χ0v) is 4.80. The van der Waals surface area contributed by atoms with E-state index in [1.807, 2.05) is 0 Å². The Hall–Kier alpha value is -0.0800. The zero-order valence-electron chi connectivity index (χ0n) is 4.80. The number of aliphatic hydroxyl groups is 1. The van der Waals surface area contributed by atoms with Crippen LogP contribution >= 0.6 is 0 Å². The van der Waals surface area contributed by atoms with Gasteiger partial charge in [-0.15, -0.1) is 0 Å². The molecule has 0 aromatic carbocycles. The van der Waals surface area contributed by atoms with Crippen LogP contribution in [0.25, 0.3) is 0 Å². The second kappa shape index (κ2) is 1.45. The molecule has 2 N–H and O–H groups in total. The molecule has 2 bridgehead atoms. The first-order chi connectivity index (χ1) is 3.86. The third-order valence-electron chi connectivity index (χ3n) is 2.33. The summed E-state index contributed by atoms with van der Waals surface area (Å²) in [6.07, 6.45) is 2.22. The summed E-state index contributed by atoms with van der Waals surface area (Å²) in [6.45, 7) is 1.05. The van der Waals surface area contributed by atoms with E-state index in [1.165, 1.54) is 6.42 Å². The predicted octanol–water partition coefficient (Wildman–Crippen LogP) is -0.271. The van der Waals surface area contributed by atoms with Crippen molar-refractivity contribution in [1.82, 2.24) is 5.32 Å². The van der Waals surface area contributed by atoms with Crippen LogP contribution < -0.4 is 5.32 Å². The van der Waals surface area contributed by atoms with E-state index in [1.54, 1.807) is 0 Å². The molecule has 0 aromatic heterocycles. The van der Waals surface area contributed by atoms with Gasteiger partial charge in [-0.3, -0.25) is 0 Å². The number of fused-ring (bicyclic) bond motifs is 2. The molecule has 3 atom stereocenters. The molecule has 0 amide bonds. The van der Waals surface area contributed by atoms with Crippen molar-refractivity contribution in [3.63, 3.8) is 0 Å². The van der Waals surface area contributed by atoms with E-state index in [0.29, 0.717) is 12.0 Å². The van der Waals surface area contributed by atoms with Crippen LogP contribution in [-0.2, 0) is 0 Å². The van der Waals surface area contributed by atoms with E-state index in [9.17, 15) is 5.11 Å². The summed E-state index contributed by atoms with van der Waals surface area (Å²) in [6, 6.07) is 0.648. The number of rotatable bonds is 0. The van der Waals surface area contributed by atoms with Crippen molar-refractivity contribution in [1.29, 1.82) is 0 Å². The fourth-order valence-corrected chi connectivity index (χ4v) is 1.81. The van der Waals surface area contributed by atoms with Crippen LogP contribution in [0.5, 0.6) is 0 Å². The van der Waals surface area contributed by atoms with Crippen molar-refractivity contribution >= 4 is 0 Å². The van der Waals surface area contributed by atoms with Gasteiger partial charge in [0.2, 0.25) is 0 Å². The summed E-state index contributed by atoms with van der Waals surface area (Å²) >= 11 is 0. The van der Waals surface area contributed by atoms with Gasteiger partial charge >= 0.3 is 0 Å². The number of hydrogen-bond donors (Lipinski definition) is 2. The zero-order chi connectivity index (χ0) is 5.56. The largest absolute Gasteiger partial charge is 0.393 e. The smallest absolute Gasteiger partial charge is 0.0595 e. The molecule has 1 unspecified atom stereocenters. The highest BCUT2D eigenvalue weighted by molar-refractivity contribution is 4.94.